The smallest absolute Gasteiger partial charge is 0.148 e. The Morgan fingerprint density at radius 1 is 1.00 bits per heavy atom. The van der Waals surface area contributed by atoms with Crippen LogP contribution in [0.25, 0.3) is 0 Å². The van der Waals surface area contributed by atoms with Gasteiger partial charge in [0, 0.05) is 0 Å². The van der Waals surface area contributed by atoms with Gasteiger partial charge in [0.15, 0.2) is 0 Å². The highest BCUT2D eigenvalue weighted by atomic mass is 32.2. The van der Waals surface area contributed by atoms with Crippen molar-refractivity contribution < 1.29 is 0 Å². The van der Waals surface area contributed by atoms with Crippen LogP contribution in [-0.2, 0) is 0 Å². The first-order chi connectivity index (χ1) is 8.48. The summed E-state index contributed by atoms with van der Waals surface area (Å²) in [6.07, 6.45) is 13.5. The van der Waals surface area contributed by atoms with Gasteiger partial charge in [-0.3, -0.25) is 0 Å². The quantitative estimate of drug-likeness (QED) is 0.701. The minimum atomic E-state index is 0.624. The van der Waals surface area contributed by atoms with E-state index in [2.05, 4.69) is 33.5 Å². The van der Waals surface area contributed by atoms with E-state index >= 15 is 0 Å². The van der Waals surface area contributed by atoms with Crippen LogP contribution in [0.4, 0.5) is 0 Å². The van der Waals surface area contributed by atoms with Crippen LogP contribution < -0.4 is 0 Å². The van der Waals surface area contributed by atoms with Gasteiger partial charge < -0.3 is 0 Å². The normalized spacial score (nSPS) is 42.2. The average Bonchev–Trinajstić information content (AvgIpc) is 2.28. The molecular formula is C15H28B2S. The van der Waals surface area contributed by atoms with Gasteiger partial charge in [-0.05, 0) is 46.2 Å². The van der Waals surface area contributed by atoms with Crippen LogP contribution in [0.3, 0.4) is 0 Å². The highest BCUT2D eigenvalue weighted by molar-refractivity contribution is 8.04. The van der Waals surface area contributed by atoms with Gasteiger partial charge in [0.1, 0.15) is 15.1 Å². The first-order valence-electron chi connectivity index (χ1n) is 8.18. The molecule has 2 saturated carbocycles. The molecule has 18 heavy (non-hydrogen) atoms. The highest BCUT2D eigenvalue weighted by Crippen LogP contribution is 2.68. The highest BCUT2D eigenvalue weighted by Gasteiger charge is 2.60. The molecule has 2 atom stereocenters. The zero-order valence-corrected chi connectivity index (χ0v) is 13.4. The van der Waals surface area contributed by atoms with E-state index in [0.29, 0.717) is 9.29 Å². The number of thioether (sulfide) groups is 1. The summed E-state index contributed by atoms with van der Waals surface area (Å²) in [5, 5.41) is 0.746. The summed E-state index contributed by atoms with van der Waals surface area (Å²) < 4.78 is 1.33. The Hall–Kier alpha value is 0.480. The van der Waals surface area contributed by atoms with E-state index in [0.717, 1.165) is 11.2 Å². The van der Waals surface area contributed by atoms with Gasteiger partial charge in [-0.15, -0.1) is 0 Å². The van der Waals surface area contributed by atoms with Gasteiger partial charge in [0.2, 0.25) is 0 Å². The Morgan fingerprint density at radius 2 is 1.67 bits per heavy atom. The molecule has 2 saturated heterocycles. The third-order valence-corrected chi connectivity index (χ3v) is 8.08. The predicted molar refractivity (Wildman–Crippen MR) is 87.8 cm³/mol. The van der Waals surface area contributed by atoms with Crippen LogP contribution in [-0.4, -0.2) is 24.4 Å². The topological polar surface area (TPSA) is 0 Å². The van der Waals surface area contributed by atoms with Crippen molar-refractivity contribution in [3.63, 3.8) is 0 Å². The van der Waals surface area contributed by atoms with Crippen LogP contribution in [0, 0.1) is 5.92 Å². The monoisotopic (exact) mass is 262 g/mol. The van der Waals surface area contributed by atoms with Crippen molar-refractivity contribution in [1.29, 1.82) is 0 Å². The molecule has 0 aromatic rings. The maximum atomic E-state index is 2.57. The first-order valence-corrected chi connectivity index (χ1v) is 9.00. The third kappa shape index (κ3) is 2.19. The summed E-state index contributed by atoms with van der Waals surface area (Å²) in [4.78, 5) is 0. The molecule has 4 rings (SSSR count). The van der Waals surface area contributed by atoms with Crippen LogP contribution in [0.15, 0.2) is 0 Å². The van der Waals surface area contributed by atoms with E-state index in [4.69, 9.17) is 0 Å². The molecule has 2 aliphatic heterocycles. The number of fused-ring (bicyclic) bond motifs is 2. The number of hydrogen-bond donors (Lipinski definition) is 0. The largest absolute Gasteiger partial charge is 0.166 e. The Balaban J connectivity index is 1.67. The minimum Gasteiger partial charge on any atom is -0.166 e. The van der Waals surface area contributed by atoms with Crippen molar-refractivity contribution in [3.05, 3.63) is 0 Å². The molecule has 4 aliphatic rings. The average molecular weight is 262 g/mol. The van der Waals surface area contributed by atoms with Crippen LogP contribution in [0.1, 0.15) is 71.6 Å². The van der Waals surface area contributed by atoms with E-state index in [1.807, 2.05) is 0 Å². The second kappa shape index (κ2) is 4.50. The fraction of sp³-hybridized carbons (Fsp3) is 1.00. The molecule has 3 heteroatoms. The Labute approximate surface area is 119 Å². The van der Waals surface area contributed by atoms with Gasteiger partial charge in [-0.25, -0.2) is 0 Å². The number of hydrogen-bond acceptors (Lipinski definition) is 1. The summed E-state index contributed by atoms with van der Waals surface area (Å²) in [6.45, 7) is 4.92. The van der Waals surface area contributed by atoms with Gasteiger partial charge >= 0.3 is 0 Å². The van der Waals surface area contributed by atoms with E-state index in [-0.39, 0.29) is 0 Å². The fourth-order valence-electron chi connectivity index (χ4n) is 5.09. The van der Waals surface area contributed by atoms with Crippen molar-refractivity contribution >= 4 is 26.9 Å². The first kappa shape index (κ1) is 13.5. The number of rotatable bonds is 3. The SMILES string of the molecule is BC1(SC23BC(C(C)C)(CCC2)C3)CCCCC1. The molecular weight excluding hydrogens is 234 g/mol. The van der Waals surface area contributed by atoms with Crippen LogP contribution in [0.5, 0.6) is 0 Å². The van der Waals surface area contributed by atoms with E-state index in [1.54, 1.807) is 0 Å². The standard InChI is InChI=1S/C15H28B2S/c1-12(2)13-7-6-10-15(11-13,17-13)18-14(16)8-4-3-5-9-14/h12,17H,3-11,16H2,1-2H3. The van der Waals surface area contributed by atoms with Crippen molar-refractivity contribution in [2.24, 2.45) is 5.92 Å². The van der Waals surface area contributed by atoms with Crippen molar-refractivity contribution in [2.75, 3.05) is 0 Å². The second-order valence-electron chi connectivity index (χ2n) is 8.02. The fourth-order valence-corrected chi connectivity index (χ4v) is 7.60. The van der Waals surface area contributed by atoms with Crippen LogP contribution in [0.2, 0.25) is 5.31 Å². The maximum Gasteiger partial charge on any atom is 0.148 e. The Kier molecular flexibility index (Phi) is 3.37. The molecule has 100 valence electrons. The van der Waals surface area contributed by atoms with Crippen molar-refractivity contribution in [1.82, 2.24) is 0 Å². The zero-order valence-electron chi connectivity index (χ0n) is 12.6. The summed E-state index contributed by atoms with van der Waals surface area (Å²) in [7, 11) is 4.10. The van der Waals surface area contributed by atoms with Gasteiger partial charge in [-0.2, -0.15) is 11.8 Å². The van der Waals surface area contributed by atoms with E-state index in [1.165, 1.54) is 65.1 Å². The van der Waals surface area contributed by atoms with Gasteiger partial charge in [0.25, 0.3) is 0 Å². The summed E-state index contributed by atoms with van der Waals surface area (Å²) in [5.74, 6) is 0.908. The Morgan fingerprint density at radius 3 is 2.28 bits per heavy atom. The summed E-state index contributed by atoms with van der Waals surface area (Å²) in [6, 6.07) is 0. The molecule has 0 aromatic carbocycles. The lowest BCUT2D eigenvalue weighted by molar-refractivity contribution is 0.232. The van der Waals surface area contributed by atoms with Crippen molar-refractivity contribution in [2.45, 2.75) is 86.2 Å². The molecule has 0 spiro atoms. The molecule has 0 N–H and O–H groups in total. The molecule has 4 fully saturated rings. The summed E-state index contributed by atoms with van der Waals surface area (Å²) in [5.41, 5.74) is 0. The lowest BCUT2D eigenvalue weighted by Gasteiger charge is -2.64. The second-order valence-corrected chi connectivity index (χ2v) is 10.1. The van der Waals surface area contributed by atoms with Gasteiger partial charge in [0.05, 0.1) is 0 Å². The van der Waals surface area contributed by atoms with Crippen LogP contribution >= 0.6 is 11.8 Å². The third-order valence-electron chi connectivity index (χ3n) is 6.25. The molecule has 0 amide bonds. The summed E-state index contributed by atoms with van der Waals surface area (Å²) >= 11 is 2.43. The minimum absolute atomic E-state index is 0.624. The molecule has 0 nitrogen and oxygen atoms in total. The Bertz CT molecular complexity index is 314. The molecule has 0 radical (unpaired) electrons. The zero-order chi connectivity index (χ0) is 12.9. The lowest BCUT2D eigenvalue weighted by Crippen LogP contribution is -2.61. The molecule has 2 heterocycles. The van der Waals surface area contributed by atoms with Gasteiger partial charge in [-0.1, -0.05) is 46.0 Å². The maximum absolute atomic E-state index is 2.57. The molecule has 0 aromatic heterocycles. The lowest BCUT2D eigenvalue weighted by atomic mass is 9.24. The molecule has 2 unspecified atom stereocenters. The van der Waals surface area contributed by atoms with E-state index < -0.39 is 0 Å². The molecule has 2 bridgehead atoms. The van der Waals surface area contributed by atoms with Crippen molar-refractivity contribution in [3.8, 4) is 0 Å². The van der Waals surface area contributed by atoms with E-state index in [9.17, 15) is 0 Å². The molecule has 2 aliphatic carbocycles. The predicted octanol–water partition coefficient (Wildman–Crippen LogP) is 3.55.